The van der Waals surface area contributed by atoms with Gasteiger partial charge in [-0.05, 0) is 48.0 Å². The van der Waals surface area contributed by atoms with Crippen LogP contribution in [0.25, 0.3) is 0 Å². The number of fused-ring (bicyclic) bond motifs is 1. The van der Waals surface area contributed by atoms with Gasteiger partial charge in [-0.15, -0.1) is 0 Å². The molecule has 0 aliphatic carbocycles. The summed E-state index contributed by atoms with van der Waals surface area (Å²) in [5, 5.41) is 7.07. The highest BCUT2D eigenvalue weighted by Crippen LogP contribution is 2.30. The fraction of sp³-hybridized carbons (Fsp3) is 0.258. The summed E-state index contributed by atoms with van der Waals surface area (Å²) in [5.41, 5.74) is 6.37. The molecule has 3 aromatic carbocycles. The van der Waals surface area contributed by atoms with E-state index < -0.39 is 0 Å². The van der Waals surface area contributed by atoms with E-state index in [1.807, 2.05) is 0 Å². The lowest BCUT2D eigenvalue weighted by atomic mass is 10.1. The molecule has 2 aliphatic rings. The summed E-state index contributed by atoms with van der Waals surface area (Å²) >= 11 is 5.63. The smallest absolute Gasteiger partial charge is 0.232 e. The molecular formula is C31H33N7S. The van der Waals surface area contributed by atoms with Crippen molar-refractivity contribution in [1.29, 1.82) is 0 Å². The molecule has 1 saturated heterocycles. The Kier molecular flexibility index (Phi) is 7.27. The molecule has 4 aromatic rings. The molecule has 0 amide bonds. The van der Waals surface area contributed by atoms with E-state index in [0.29, 0.717) is 17.6 Å². The lowest BCUT2D eigenvalue weighted by Gasteiger charge is -2.37. The number of para-hydroxylation sites is 1. The SMILES string of the molecule is Cc1ccc(CNC(=S)Nc2nc(N3CCN(c4ccccc4)CC3)cc(N3Cc4ccccc4C3)n2)cc1. The van der Waals surface area contributed by atoms with Gasteiger partial charge in [-0.25, -0.2) is 0 Å². The van der Waals surface area contributed by atoms with Gasteiger partial charge in [0.25, 0.3) is 0 Å². The van der Waals surface area contributed by atoms with E-state index in [1.54, 1.807) is 0 Å². The van der Waals surface area contributed by atoms with Crippen LogP contribution in [0.4, 0.5) is 23.3 Å². The first-order chi connectivity index (χ1) is 19.1. The monoisotopic (exact) mass is 535 g/mol. The maximum absolute atomic E-state index is 5.63. The van der Waals surface area contributed by atoms with E-state index in [-0.39, 0.29) is 0 Å². The number of hydrogen-bond donors (Lipinski definition) is 2. The topological polar surface area (TPSA) is 59.6 Å². The van der Waals surface area contributed by atoms with E-state index in [4.69, 9.17) is 22.2 Å². The number of piperazine rings is 1. The van der Waals surface area contributed by atoms with Gasteiger partial charge in [0, 0.05) is 57.6 Å². The Bertz CT molecular complexity index is 1410. The lowest BCUT2D eigenvalue weighted by Crippen LogP contribution is -2.47. The summed E-state index contributed by atoms with van der Waals surface area (Å²) < 4.78 is 0. The van der Waals surface area contributed by atoms with E-state index in [0.717, 1.165) is 50.9 Å². The molecule has 39 heavy (non-hydrogen) atoms. The van der Waals surface area contributed by atoms with Crippen molar-refractivity contribution in [1.82, 2.24) is 15.3 Å². The largest absolute Gasteiger partial charge is 0.368 e. The Morgan fingerprint density at radius 1 is 0.744 bits per heavy atom. The van der Waals surface area contributed by atoms with E-state index in [1.165, 1.54) is 27.9 Å². The molecular weight excluding hydrogens is 502 g/mol. The second-order valence-corrected chi connectivity index (χ2v) is 10.5. The number of benzene rings is 3. The molecule has 6 rings (SSSR count). The summed E-state index contributed by atoms with van der Waals surface area (Å²) in [6.07, 6.45) is 0. The van der Waals surface area contributed by atoms with E-state index in [9.17, 15) is 0 Å². The first kappa shape index (κ1) is 25.1. The third-order valence-electron chi connectivity index (χ3n) is 7.39. The van der Waals surface area contributed by atoms with Gasteiger partial charge < -0.3 is 25.3 Å². The molecule has 0 radical (unpaired) electrons. The average Bonchev–Trinajstić information content (AvgIpc) is 3.42. The molecule has 0 saturated carbocycles. The van der Waals surface area contributed by atoms with Crippen molar-refractivity contribution in [3.05, 3.63) is 107 Å². The van der Waals surface area contributed by atoms with Gasteiger partial charge in [-0.1, -0.05) is 72.3 Å². The molecule has 0 bridgehead atoms. The maximum Gasteiger partial charge on any atom is 0.232 e. The Hall–Kier alpha value is -4.17. The number of nitrogens with one attached hydrogen (secondary N) is 2. The number of rotatable bonds is 6. The quantitative estimate of drug-likeness (QED) is 0.330. The number of anilines is 4. The first-order valence-corrected chi connectivity index (χ1v) is 13.9. The number of aromatic nitrogens is 2. The van der Waals surface area contributed by atoms with Crippen LogP contribution in [0, 0.1) is 6.92 Å². The lowest BCUT2D eigenvalue weighted by molar-refractivity contribution is 0.647. The highest BCUT2D eigenvalue weighted by Gasteiger charge is 2.24. The van der Waals surface area contributed by atoms with Crippen LogP contribution in [0.3, 0.4) is 0 Å². The normalized spacial score (nSPS) is 14.7. The van der Waals surface area contributed by atoms with E-state index >= 15 is 0 Å². The fourth-order valence-corrected chi connectivity index (χ4v) is 5.33. The number of thiocarbonyl (C=S) groups is 1. The number of aryl methyl sites for hydroxylation is 1. The van der Waals surface area contributed by atoms with Crippen LogP contribution < -0.4 is 25.3 Å². The summed E-state index contributed by atoms with van der Waals surface area (Å²) in [6.45, 7) is 8.07. The van der Waals surface area contributed by atoms with Crippen molar-refractivity contribution in [2.75, 3.05) is 46.2 Å². The minimum atomic E-state index is 0.511. The van der Waals surface area contributed by atoms with Crippen molar-refractivity contribution < 1.29 is 0 Å². The Labute approximate surface area is 235 Å². The zero-order valence-corrected chi connectivity index (χ0v) is 23.0. The fourth-order valence-electron chi connectivity index (χ4n) is 5.16. The van der Waals surface area contributed by atoms with Crippen LogP contribution in [-0.2, 0) is 19.6 Å². The molecule has 3 heterocycles. The predicted molar refractivity (Wildman–Crippen MR) is 163 cm³/mol. The van der Waals surface area contributed by atoms with Gasteiger partial charge in [-0.2, -0.15) is 9.97 Å². The van der Waals surface area contributed by atoms with Crippen LogP contribution in [0.15, 0.2) is 84.9 Å². The van der Waals surface area contributed by atoms with Crippen LogP contribution in [0.1, 0.15) is 22.3 Å². The molecule has 2 N–H and O–H groups in total. The van der Waals surface area contributed by atoms with Crippen LogP contribution in [0.2, 0.25) is 0 Å². The van der Waals surface area contributed by atoms with Gasteiger partial charge in [0.1, 0.15) is 11.6 Å². The summed E-state index contributed by atoms with van der Waals surface area (Å²) in [5.74, 6) is 2.35. The third kappa shape index (κ3) is 5.96. The standard InChI is InChI=1S/C31H33N7S/c1-23-11-13-24(14-12-23)20-32-31(39)35-30-33-28(37-17-15-36(16-18-37)27-9-3-2-4-10-27)19-29(34-30)38-21-25-7-5-6-8-26(25)22-38/h2-14,19H,15-18,20-22H2,1H3,(H2,32,33,34,35,39). The van der Waals surface area contributed by atoms with Crippen LogP contribution in [-0.4, -0.2) is 41.3 Å². The summed E-state index contributed by atoms with van der Waals surface area (Å²) in [4.78, 5) is 16.9. The molecule has 1 fully saturated rings. The van der Waals surface area contributed by atoms with Crippen molar-refractivity contribution in [2.24, 2.45) is 0 Å². The first-order valence-electron chi connectivity index (χ1n) is 13.5. The van der Waals surface area contributed by atoms with Crippen molar-refractivity contribution in [3.8, 4) is 0 Å². The van der Waals surface area contributed by atoms with Gasteiger partial charge in [0.2, 0.25) is 5.95 Å². The molecule has 0 atom stereocenters. The Morgan fingerprint density at radius 3 is 2.00 bits per heavy atom. The zero-order chi connectivity index (χ0) is 26.6. The molecule has 198 valence electrons. The number of hydrogen-bond acceptors (Lipinski definition) is 6. The van der Waals surface area contributed by atoms with Gasteiger partial charge in [-0.3, -0.25) is 0 Å². The second-order valence-electron chi connectivity index (χ2n) is 10.1. The van der Waals surface area contributed by atoms with Crippen LogP contribution >= 0.6 is 12.2 Å². The van der Waals surface area contributed by atoms with Crippen molar-refractivity contribution >= 4 is 40.6 Å². The van der Waals surface area contributed by atoms with Gasteiger partial charge in [0.15, 0.2) is 5.11 Å². The number of nitrogens with zero attached hydrogens (tertiary/aromatic N) is 5. The average molecular weight is 536 g/mol. The molecule has 1 aromatic heterocycles. The highest BCUT2D eigenvalue weighted by molar-refractivity contribution is 7.80. The molecule has 2 aliphatic heterocycles. The Morgan fingerprint density at radius 2 is 1.33 bits per heavy atom. The second kappa shape index (κ2) is 11.3. The van der Waals surface area contributed by atoms with Crippen molar-refractivity contribution in [3.63, 3.8) is 0 Å². The predicted octanol–water partition coefficient (Wildman–Crippen LogP) is 5.12. The maximum atomic E-state index is 5.63. The molecule has 0 spiro atoms. The Balaban J connectivity index is 1.19. The minimum absolute atomic E-state index is 0.511. The molecule has 8 heteroatoms. The minimum Gasteiger partial charge on any atom is -0.368 e. The third-order valence-corrected chi connectivity index (χ3v) is 7.63. The van der Waals surface area contributed by atoms with Gasteiger partial charge in [0.05, 0.1) is 0 Å². The summed E-state index contributed by atoms with van der Waals surface area (Å²) in [7, 11) is 0. The molecule has 7 nitrogen and oxygen atoms in total. The summed E-state index contributed by atoms with van der Waals surface area (Å²) in [6, 6.07) is 29.8. The highest BCUT2D eigenvalue weighted by atomic mass is 32.1. The zero-order valence-electron chi connectivity index (χ0n) is 22.2. The van der Waals surface area contributed by atoms with Crippen molar-refractivity contribution in [2.45, 2.75) is 26.6 Å². The van der Waals surface area contributed by atoms with E-state index in [2.05, 4.69) is 117 Å². The van der Waals surface area contributed by atoms with Crippen LogP contribution in [0.5, 0.6) is 0 Å². The van der Waals surface area contributed by atoms with Gasteiger partial charge >= 0.3 is 0 Å². The molecule has 0 unspecified atom stereocenters.